The quantitative estimate of drug-likeness (QED) is 0.515. The van der Waals surface area contributed by atoms with Crippen molar-refractivity contribution >= 4 is 23.7 Å². The van der Waals surface area contributed by atoms with E-state index in [4.69, 9.17) is 0 Å². The number of nitrogens with zero attached hydrogens (tertiary/aromatic N) is 2. The van der Waals surface area contributed by atoms with Gasteiger partial charge >= 0.3 is 6.03 Å². The summed E-state index contributed by atoms with van der Waals surface area (Å²) in [6.07, 6.45) is 2.73. The van der Waals surface area contributed by atoms with Gasteiger partial charge in [-0.2, -0.15) is 0 Å². The Kier molecular flexibility index (Phi) is 5.57. The lowest BCUT2D eigenvalue weighted by molar-refractivity contribution is -0.123. The summed E-state index contributed by atoms with van der Waals surface area (Å²) >= 11 is 0. The monoisotopic (exact) mass is 435 g/mol. The zero-order valence-electron chi connectivity index (χ0n) is 19.3. The lowest BCUT2D eigenvalue weighted by atomic mass is 9.79. The van der Waals surface area contributed by atoms with Crippen LogP contribution in [0.25, 0.3) is 6.08 Å². The number of anilines is 1. The highest BCUT2D eigenvalue weighted by Gasteiger charge is 2.38. The molecule has 32 heavy (non-hydrogen) atoms. The molecule has 0 aliphatic carbocycles. The molecule has 3 amide bonds. The minimum absolute atomic E-state index is 0.0587. The number of urea groups is 1. The largest absolute Gasteiger partial charge is 0.364 e. The Morgan fingerprint density at radius 3 is 2.59 bits per heavy atom. The van der Waals surface area contributed by atoms with E-state index >= 15 is 0 Å². The van der Waals surface area contributed by atoms with Crippen LogP contribution in [0.1, 0.15) is 63.6 Å². The molecule has 1 atom stereocenters. The number of halogens is 1. The van der Waals surface area contributed by atoms with Crippen molar-refractivity contribution in [1.29, 1.82) is 0 Å². The zero-order chi connectivity index (χ0) is 23.2. The molecular formula is C26H30FN3O2. The van der Waals surface area contributed by atoms with E-state index in [0.717, 1.165) is 16.9 Å². The van der Waals surface area contributed by atoms with Gasteiger partial charge in [0.1, 0.15) is 11.5 Å². The molecule has 4 rings (SSSR count). The molecule has 0 radical (unpaired) electrons. The maximum atomic E-state index is 14.0. The second kappa shape index (κ2) is 8.08. The summed E-state index contributed by atoms with van der Waals surface area (Å²) in [7, 11) is 0. The van der Waals surface area contributed by atoms with E-state index in [2.05, 4.69) is 57.0 Å². The molecule has 2 aliphatic rings. The molecule has 168 valence electrons. The van der Waals surface area contributed by atoms with Gasteiger partial charge in [0.15, 0.2) is 0 Å². The van der Waals surface area contributed by atoms with Crippen LogP contribution in [0, 0.1) is 5.82 Å². The van der Waals surface area contributed by atoms with Crippen molar-refractivity contribution < 1.29 is 14.0 Å². The average molecular weight is 436 g/mol. The Hall–Kier alpha value is -3.15. The maximum absolute atomic E-state index is 14.0. The first-order chi connectivity index (χ1) is 15.1. The van der Waals surface area contributed by atoms with Crippen LogP contribution in [0.3, 0.4) is 0 Å². The van der Waals surface area contributed by atoms with Crippen molar-refractivity contribution in [3.63, 3.8) is 0 Å². The number of carbonyl (C=O) groups excluding carboxylic acids is 2. The third-order valence-electron chi connectivity index (χ3n) is 6.38. The summed E-state index contributed by atoms with van der Waals surface area (Å²) in [5.74, 6) is -0.513. The van der Waals surface area contributed by atoms with Crippen molar-refractivity contribution in [3.05, 3.63) is 70.7 Å². The first kappa shape index (κ1) is 22.1. The summed E-state index contributed by atoms with van der Waals surface area (Å²) in [4.78, 5) is 28.8. The predicted molar refractivity (Wildman–Crippen MR) is 125 cm³/mol. The Labute approximate surface area is 188 Å². The molecule has 6 heteroatoms. The molecular weight excluding hydrogens is 405 g/mol. The first-order valence-electron chi connectivity index (χ1n) is 11.1. The predicted octanol–water partition coefficient (Wildman–Crippen LogP) is 5.42. The summed E-state index contributed by atoms with van der Waals surface area (Å²) in [5, 5.41) is 2.64. The fourth-order valence-corrected chi connectivity index (χ4v) is 5.22. The van der Waals surface area contributed by atoms with Crippen LogP contribution in [0.15, 0.2) is 48.2 Å². The second-order valence-corrected chi connectivity index (χ2v) is 9.67. The van der Waals surface area contributed by atoms with Gasteiger partial charge in [0.2, 0.25) is 0 Å². The van der Waals surface area contributed by atoms with Crippen LogP contribution < -0.4 is 10.2 Å². The zero-order valence-corrected chi connectivity index (χ0v) is 19.3. The Bertz CT molecular complexity index is 1110. The first-order valence-corrected chi connectivity index (χ1v) is 11.1. The number of rotatable bonds is 4. The number of hydrogen-bond donors (Lipinski definition) is 1. The third-order valence-corrected chi connectivity index (χ3v) is 6.38. The minimum Gasteiger partial charge on any atom is -0.364 e. The van der Waals surface area contributed by atoms with Gasteiger partial charge in [0.25, 0.3) is 5.91 Å². The lowest BCUT2D eigenvalue weighted by Crippen LogP contribution is -2.51. The van der Waals surface area contributed by atoms with E-state index in [9.17, 15) is 14.0 Å². The van der Waals surface area contributed by atoms with Crippen LogP contribution in [0.2, 0.25) is 0 Å². The van der Waals surface area contributed by atoms with Crippen LogP contribution in [-0.4, -0.2) is 28.4 Å². The molecule has 5 nitrogen and oxygen atoms in total. The average Bonchev–Trinajstić information content (AvgIpc) is 2.96. The number of carbonyl (C=O) groups is 2. The molecule has 0 aromatic heterocycles. The number of nitrogens with one attached hydrogen (secondary N) is 1. The fourth-order valence-electron chi connectivity index (χ4n) is 5.22. The Morgan fingerprint density at radius 2 is 1.91 bits per heavy atom. The van der Waals surface area contributed by atoms with Crippen molar-refractivity contribution in [3.8, 4) is 0 Å². The van der Waals surface area contributed by atoms with Crippen molar-refractivity contribution in [2.45, 2.75) is 65.1 Å². The molecule has 2 aromatic rings. The number of benzene rings is 2. The van der Waals surface area contributed by atoms with Gasteiger partial charge in [0, 0.05) is 22.8 Å². The SMILES string of the molecule is CC(C)N1c2ccc(/C=C3\NC(=O)N(Cc4ccccc4F)C3=O)cc2[C@H](C)CC1(C)C. The van der Waals surface area contributed by atoms with Crippen molar-refractivity contribution in [2.24, 2.45) is 0 Å². The molecule has 1 saturated heterocycles. The molecule has 1 N–H and O–H groups in total. The van der Waals surface area contributed by atoms with Gasteiger partial charge in [0.05, 0.1) is 6.54 Å². The van der Waals surface area contributed by atoms with E-state index in [1.165, 1.54) is 17.3 Å². The number of hydrogen-bond acceptors (Lipinski definition) is 3. The third kappa shape index (κ3) is 3.90. The van der Waals surface area contributed by atoms with Crippen molar-refractivity contribution in [2.75, 3.05) is 4.90 Å². The maximum Gasteiger partial charge on any atom is 0.329 e. The topological polar surface area (TPSA) is 52.7 Å². The second-order valence-electron chi connectivity index (χ2n) is 9.67. The fraction of sp³-hybridized carbons (Fsp3) is 0.385. The van der Waals surface area contributed by atoms with Crippen LogP contribution in [0.4, 0.5) is 14.9 Å². The highest BCUT2D eigenvalue weighted by atomic mass is 19.1. The number of amides is 3. The molecule has 2 aliphatic heterocycles. The van der Waals surface area contributed by atoms with E-state index in [-0.39, 0.29) is 17.8 Å². The van der Waals surface area contributed by atoms with Gasteiger partial charge in [-0.05, 0) is 75.4 Å². The van der Waals surface area contributed by atoms with Gasteiger partial charge in [-0.15, -0.1) is 0 Å². The van der Waals surface area contributed by atoms with Gasteiger partial charge < -0.3 is 10.2 Å². The Balaban J connectivity index is 1.62. The van der Waals surface area contributed by atoms with Crippen LogP contribution in [0.5, 0.6) is 0 Å². The molecule has 0 spiro atoms. The molecule has 0 unspecified atom stereocenters. The highest BCUT2D eigenvalue weighted by Crippen LogP contribution is 2.44. The number of fused-ring (bicyclic) bond motifs is 1. The lowest BCUT2D eigenvalue weighted by Gasteiger charge is -2.50. The normalized spacial score (nSPS) is 21.3. The van der Waals surface area contributed by atoms with Gasteiger partial charge in [-0.25, -0.2) is 9.18 Å². The van der Waals surface area contributed by atoms with Crippen LogP contribution >= 0.6 is 0 Å². The molecule has 0 bridgehead atoms. The summed E-state index contributed by atoms with van der Waals surface area (Å²) in [5.41, 5.74) is 3.88. The molecule has 1 fully saturated rings. The standard InChI is InChI=1S/C26H30FN3O2/c1-16(2)30-23-11-10-18(12-20(23)17(3)14-26(30,4)5)13-22-24(31)29(25(32)28-22)15-19-8-6-7-9-21(19)27/h6-13,16-17H,14-15H2,1-5H3,(H,28,32)/b22-13-/t17-/m1/s1. The van der Waals surface area contributed by atoms with E-state index in [1.54, 1.807) is 24.3 Å². The summed E-state index contributed by atoms with van der Waals surface area (Å²) in [6.45, 7) is 11.1. The molecule has 0 saturated carbocycles. The highest BCUT2D eigenvalue weighted by molar-refractivity contribution is 6.13. The van der Waals surface area contributed by atoms with E-state index in [0.29, 0.717) is 17.5 Å². The molecule has 2 heterocycles. The van der Waals surface area contributed by atoms with E-state index < -0.39 is 17.8 Å². The van der Waals surface area contributed by atoms with Crippen molar-refractivity contribution in [1.82, 2.24) is 10.2 Å². The van der Waals surface area contributed by atoms with E-state index in [1.807, 2.05) is 6.07 Å². The van der Waals surface area contributed by atoms with Gasteiger partial charge in [-0.1, -0.05) is 31.2 Å². The van der Waals surface area contributed by atoms with Gasteiger partial charge in [-0.3, -0.25) is 9.69 Å². The summed E-state index contributed by atoms with van der Waals surface area (Å²) in [6, 6.07) is 12.2. The van der Waals surface area contributed by atoms with Crippen LogP contribution in [-0.2, 0) is 11.3 Å². The number of imide groups is 1. The Morgan fingerprint density at radius 1 is 1.19 bits per heavy atom. The minimum atomic E-state index is -0.538. The smallest absolute Gasteiger partial charge is 0.329 e. The summed E-state index contributed by atoms with van der Waals surface area (Å²) < 4.78 is 14.0. The molecule has 2 aromatic carbocycles.